The Morgan fingerprint density at radius 3 is 2.22 bits per heavy atom. The fourth-order valence-corrected chi connectivity index (χ4v) is 5.47. The minimum absolute atomic E-state index is 0.0701. The van der Waals surface area contributed by atoms with E-state index in [9.17, 15) is 13.2 Å². The Hall–Kier alpha value is -1.80. The Morgan fingerprint density at radius 2 is 1.66 bits per heavy atom. The summed E-state index contributed by atoms with van der Waals surface area (Å²) in [7, 11) is -3.08. The minimum Gasteiger partial charge on any atom is -0.494 e. The third-order valence-electron chi connectivity index (χ3n) is 6.51. The molecule has 0 aliphatic carbocycles. The SMILES string of the molecule is CC(C)OC(=O)N1CCC(CCCOc2ccc(C3CCN(S(C)(=O)=O)CC3)cc2)CC1. The summed E-state index contributed by atoms with van der Waals surface area (Å²) < 4.78 is 36.1. The fraction of sp³-hybridized carbons (Fsp3) is 0.708. The minimum atomic E-state index is -3.08. The van der Waals surface area contributed by atoms with Gasteiger partial charge in [0.2, 0.25) is 10.0 Å². The van der Waals surface area contributed by atoms with E-state index < -0.39 is 10.0 Å². The van der Waals surface area contributed by atoms with Gasteiger partial charge in [-0.1, -0.05) is 12.1 Å². The molecule has 2 saturated heterocycles. The molecule has 1 aromatic carbocycles. The number of sulfonamides is 1. The van der Waals surface area contributed by atoms with Crippen LogP contribution in [0, 0.1) is 5.92 Å². The van der Waals surface area contributed by atoms with Gasteiger partial charge in [-0.3, -0.25) is 0 Å². The van der Waals surface area contributed by atoms with E-state index in [0.29, 0.717) is 31.5 Å². The maximum atomic E-state index is 12.0. The van der Waals surface area contributed by atoms with Crippen LogP contribution < -0.4 is 4.74 Å². The van der Waals surface area contributed by atoms with Crippen LogP contribution in [0.25, 0.3) is 0 Å². The first-order valence-corrected chi connectivity index (χ1v) is 13.7. The molecule has 0 spiro atoms. The zero-order valence-corrected chi connectivity index (χ0v) is 20.5. The molecule has 180 valence electrons. The van der Waals surface area contributed by atoms with Crippen molar-refractivity contribution >= 4 is 16.1 Å². The fourth-order valence-electron chi connectivity index (χ4n) is 4.60. The van der Waals surface area contributed by atoms with Gasteiger partial charge < -0.3 is 14.4 Å². The van der Waals surface area contributed by atoms with Crippen LogP contribution in [0.2, 0.25) is 0 Å². The van der Waals surface area contributed by atoms with Crippen LogP contribution in [-0.4, -0.2) is 68.9 Å². The first-order valence-electron chi connectivity index (χ1n) is 11.9. The van der Waals surface area contributed by atoms with E-state index in [1.54, 1.807) is 4.31 Å². The Morgan fingerprint density at radius 1 is 1.03 bits per heavy atom. The van der Waals surface area contributed by atoms with Crippen molar-refractivity contribution in [1.29, 1.82) is 0 Å². The third kappa shape index (κ3) is 7.37. The largest absolute Gasteiger partial charge is 0.494 e. The lowest BCUT2D eigenvalue weighted by Crippen LogP contribution is -2.39. The molecule has 0 N–H and O–H groups in total. The van der Waals surface area contributed by atoms with Crippen molar-refractivity contribution in [3.8, 4) is 5.75 Å². The topological polar surface area (TPSA) is 76.2 Å². The predicted octanol–water partition coefficient (Wildman–Crippen LogP) is 4.24. The van der Waals surface area contributed by atoms with Gasteiger partial charge in [0.15, 0.2) is 0 Å². The van der Waals surface area contributed by atoms with Crippen molar-refractivity contribution in [2.24, 2.45) is 5.92 Å². The summed E-state index contributed by atoms with van der Waals surface area (Å²) >= 11 is 0. The highest BCUT2D eigenvalue weighted by Gasteiger charge is 2.26. The highest BCUT2D eigenvalue weighted by Crippen LogP contribution is 2.30. The van der Waals surface area contributed by atoms with Crippen LogP contribution in [0.1, 0.15) is 63.9 Å². The number of benzene rings is 1. The zero-order valence-electron chi connectivity index (χ0n) is 19.7. The number of hydrogen-bond acceptors (Lipinski definition) is 5. The molecule has 0 aromatic heterocycles. The number of ether oxygens (including phenoxy) is 2. The number of hydrogen-bond donors (Lipinski definition) is 0. The van der Waals surface area contributed by atoms with Crippen LogP contribution in [-0.2, 0) is 14.8 Å². The van der Waals surface area contributed by atoms with Crippen LogP contribution in [0.3, 0.4) is 0 Å². The van der Waals surface area contributed by atoms with Crippen LogP contribution in [0.5, 0.6) is 5.75 Å². The number of likely N-dealkylation sites (tertiary alicyclic amines) is 1. The van der Waals surface area contributed by atoms with Gasteiger partial charge in [0.05, 0.1) is 19.0 Å². The second kappa shape index (κ2) is 11.4. The zero-order chi connectivity index (χ0) is 23.1. The normalized spacial score (nSPS) is 19.3. The Bertz CT molecular complexity index is 824. The van der Waals surface area contributed by atoms with Gasteiger partial charge in [0.25, 0.3) is 0 Å². The average Bonchev–Trinajstić information content (AvgIpc) is 2.76. The van der Waals surface area contributed by atoms with Crippen molar-refractivity contribution in [2.45, 2.75) is 64.4 Å². The van der Waals surface area contributed by atoms with Crippen molar-refractivity contribution in [1.82, 2.24) is 9.21 Å². The predicted molar refractivity (Wildman–Crippen MR) is 125 cm³/mol. The molecule has 1 amide bonds. The Kier molecular flexibility index (Phi) is 8.82. The first-order chi connectivity index (χ1) is 15.2. The number of rotatable bonds is 8. The molecule has 3 rings (SSSR count). The van der Waals surface area contributed by atoms with E-state index in [-0.39, 0.29) is 12.2 Å². The molecule has 1 aromatic rings. The van der Waals surface area contributed by atoms with Gasteiger partial charge >= 0.3 is 6.09 Å². The van der Waals surface area contributed by atoms with Crippen LogP contribution in [0.15, 0.2) is 24.3 Å². The summed E-state index contributed by atoms with van der Waals surface area (Å²) in [6, 6.07) is 8.28. The molecule has 0 radical (unpaired) electrons. The molecule has 0 atom stereocenters. The van der Waals surface area contributed by atoms with Crippen LogP contribution in [0.4, 0.5) is 4.79 Å². The molecule has 32 heavy (non-hydrogen) atoms. The molecule has 7 nitrogen and oxygen atoms in total. The lowest BCUT2D eigenvalue weighted by Gasteiger charge is -2.31. The summed E-state index contributed by atoms with van der Waals surface area (Å²) in [6.45, 7) is 7.20. The molecule has 0 bridgehead atoms. The number of carbonyl (C=O) groups is 1. The van der Waals surface area contributed by atoms with E-state index >= 15 is 0 Å². The molecule has 2 fully saturated rings. The molecular weight excluding hydrogens is 428 g/mol. The average molecular weight is 467 g/mol. The highest BCUT2D eigenvalue weighted by atomic mass is 32.2. The molecule has 0 unspecified atom stereocenters. The first kappa shape index (κ1) is 24.8. The molecule has 8 heteroatoms. The lowest BCUT2D eigenvalue weighted by molar-refractivity contribution is 0.0643. The highest BCUT2D eigenvalue weighted by molar-refractivity contribution is 7.88. The van der Waals surface area contributed by atoms with Gasteiger partial charge in [-0.2, -0.15) is 0 Å². The van der Waals surface area contributed by atoms with E-state index in [1.165, 1.54) is 11.8 Å². The number of nitrogens with zero attached hydrogens (tertiary/aromatic N) is 2. The van der Waals surface area contributed by atoms with E-state index in [1.807, 2.05) is 30.9 Å². The standard InChI is InChI=1S/C24H38N2O5S/c1-19(2)31-24(27)25-14-10-20(11-15-25)5-4-18-30-23-8-6-21(7-9-23)22-12-16-26(17-13-22)32(3,28)29/h6-9,19-20,22H,4-5,10-18H2,1-3H3. The van der Waals surface area contributed by atoms with Crippen molar-refractivity contribution in [2.75, 3.05) is 39.0 Å². The van der Waals surface area contributed by atoms with Gasteiger partial charge in [-0.05, 0) is 81.9 Å². The number of carbonyl (C=O) groups excluding carboxylic acids is 1. The van der Waals surface area contributed by atoms with Gasteiger partial charge in [0, 0.05) is 26.2 Å². The number of piperidine rings is 2. The third-order valence-corrected chi connectivity index (χ3v) is 7.81. The second-order valence-electron chi connectivity index (χ2n) is 9.36. The van der Waals surface area contributed by atoms with Gasteiger partial charge in [0.1, 0.15) is 5.75 Å². The summed E-state index contributed by atoms with van der Waals surface area (Å²) in [5, 5.41) is 0. The maximum Gasteiger partial charge on any atom is 0.410 e. The van der Waals surface area contributed by atoms with Crippen LogP contribution >= 0.6 is 0 Å². The number of amides is 1. The van der Waals surface area contributed by atoms with Gasteiger partial charge in [-0.25, -0.2) is 17.5 Å². The lowest BCUT2D eigenvalue weighted by atomic mass is 9.90. The summed E-state index contributed by atoms with van der Waals surface area (Å²) in [6.07, 6.45) is 6.93. The molecule has 2 heterocycles. The maximum absolute atomic E-state index is 12.0. The summed E-state index contributed by atoms with van der Waals surface area (Å²) in [5.41, 5.74) is 1.26. The second-order valence-corrected chi connectivity index (χ2v) is 11.3. The van der Waals surface area contributed by atoms with E-state index in [4.69, 9.17) is 9.47 Å². The summed E-state index contributed by atoms with van der Waals surface area (Å²) in [5.74, 6) is 1.93. The smallest absolute Gasteiger partial charge is 0.410 e. The molecule has 0 saturated carbocycles. The van der Waals surface area contributed by atoms with E-state index in [2.05, 4.69) is 12.1 Å². The van der Waals surface area contributed by atoms with Crippen molar-refractivity contribution in [3.63, 3.8) is 0 Å². The van der Waals surface area contributed by atoms with Gasteiger partial charge in [-0.15, -0.1) is 0 Å². The molecular formula is C24H38N2O5S. The van der Waals surface area contributed by atoms with E-state index in [0.717, 1.165) is 57.4 Å². The molecule has 2 aliphatic heterocycles. The quantitative estimate of drug-likeness (QED) is 0.536. The van der Waals surface area contributed by atoms with Crippen molar-refractivity contribution < 1.29 is 22.7 Å². The monoisotopic (exact) mass is 466 g/mol. The summed E-state index contributed by atoms with van der Waals surface area (Å²) in [4.78, 5) is 13.8. The van der Waals surface area contributed by atoms with Crippen molar-refractivity contribution in [3.05, 3.63) is 29.8 Å². The Balaban J connectivity index is 1.32. The Labute approximate surface area is 193 Å². The molecule has 2 aliphatic rings.